The average molecular weight is 386 g/mol. The fraction of sp³-hybridized carbons (Fsp3) is 0.381. The largest absolute Gasteiger partial charge is 0.345 e. The second kappa shape index (κ2) is 9.51. The van der Waals surface area contributed by atoms with Gasteiger partial charge in [-0.05, 0) is 48.6 Å². The van der Waals surface area contributed by atoms with Crippen LogP contribution in [0.4, 0.5) is 0 Å². The number of halogens is 1. The number of pyridine rings is 1. The molecule has 5 nitrogen and oxygen atoms in total. The number of hydrogen-bond acceptors (Lipinski definition) is 3. The molecule has 0 aliphatic carbocycles. The Morgan fingerprint density at radius 3 is 2.70 bits per heavy atom. The first-order chi connectivity index (χ1) is 13.1. The summed E-state index contributed by atoms with van der Waals surface area (Å²) in [4.78, 5) is 30.4. The van der Waals surface area contributed by atoms with Gasteiger partial charge in [-0.25, -0.2) is 0 Å². The monoisotopic (exact) mass is 385 g/mol. The normalized spacial score (nSPS) is 15.4. The summed E-state index contributed by atoms with van der Waals surface area (Å²) in [6.45, 7) is 1.45. The van der Waals surface area contributed by atoms with Crippen molar-refractivity contribution in [3.8, 4) is 0 Å². The highest BCUT2D eigenvalue weighted by Gasteiger charge is 2.19. The summed E-state index contributed by atoms with van der Waals surface area (Å²) >= 11 is 5.99. The highest BCUT2D eigenvalue weighted by atomic mass is 35.5. The van der Waals surface area contributed by atoms with E-state index in [9.17, 15) is 9.59 Å². The van der Waals surface area contributed by atoms with Gasteiger partial charge in [0.1, 0.15) is 0 Å². The van der Waals surface area contributed by atoms with Gasteiger partial charge < -0.3 is 10.2 Å². The van der Waals surface area contributed by atoms with Gasteiger partial charge in [0.15, 0.2) is 0 Å². The van der Waals surface area contributed by atoms with E-state index in [2.05, 4.69) is 10.3 Å². The summed E-state index contributed by atoms with van der Waals surface area (Å²) < 4.78 is 0. The van der Waals surface area contributed by atoms with E-state index < -0.39 is 0 Å². The summed E-state index contributed by atoms with van der Waals surface area (Å²) in [7, 11) is 0. The van der Waals surface area contributed by atoms with Crippen molar-refractivity contribution >= 4 is 23.4 Å². The predicted molar refractivity (Wildman–Crippen MR) is 105 cm³/mol. The Hall–Kier alpha value is -2.40. The second-order valence-corrected chi connectivity index (χ2v) is 7.22. The zero-order valence-corrected chi connectivity index (χ0v) is 16.0. The van der Waals surface area contributed by atoms with Gasteiger partial charge in [0.05, 0.1) is 6.04 Å². The molecular formula is C21H24ClN3O2. The quantitative estimate of drug-likeness (QED) is 0.789. The lowest BCUT2D eigenvalue weighted by atomic mass is 10.00. The molecule has 27 heavy (non-hydrogen) atoms. The summed E-state index contributed by atoms with van der Waals surface area (Å²) in [6.07, 6.45) is 7.17. The van der Waals surface area contributed by atoms with Gasteiger partial charge in [-0.15, -0.1) is 0 Å². The third-order valence-corrected chi connectivity index (χ3v) is 5.03. The van der Waals surface area contributed by atoms with Crippen molar-refractivity contribution in [3.63, 3.8) is 0 Å². The molecule has 1 aliphatic rings. The number of carbonyl (C=O) groups is 2. The molecule has 2 aromatic rings. The average Bonchev–Trinajstić information content (AvgIpc) is 2.69. The van der Waals surface area contributed by atoms with Gasteiger partial charge in [-0.3, -0.25) is 14.6 Å². The molecule has 1 N–H and O–H groups in total. The van der Waals surface area contributed by atoms with E-state index in [-0.39, 0.29) is 17.9 Å². The smallest absolute Gasteiger partial charge is 0.222 e. The van der Waals surface area contributed by atoms with Crippen molar-refractivity contribution in [1.82, 2.24) is 15.2 Å². The first-order valence-electron chi connectivity index (χ1n) is 9.36. The first-order valence-corrected chi connectivity index (χ1v) is 9.74. The lowest BCUT2D eigenvalue weighted by Crippen LogP contribution is -2.36. The first kappa shape index (κ1) is 19.4. The Morgan fingerprint density at radius 1 is 1.19 bits per heavy atom. The number of likely N-dealkylation sites (tertiary alicyclic amines) is 1. The number of hydrogen-bond donors (Lipinski definition) is 1. The minimum Gasteiger partial charge on any atom is -0.345 e. The van der Waals surface area contributed by atoms with Crippen molar-refractivity contribution in [2.24, 2.45) is 0 Å². The molecule has 0 spiro atoms. The molecule has 0 unspecified atom stereocenters. The lowest BCUT2D eigenvalue weighted by molar-refractivity contribution is -0.133. The fourth-order valence-corrected chi connectivity index (χ4v) is 3.45. The number of aromatic nitrogens is 1. The maximum Gasteiger partial charge on any atom is 0.222 e. The minimum atomic E-state index is -0.278. The molecule has 142 valence electrons. The van der Waals surface area contributed by atoms with Crippen LogP contribution in [-0.2, 0) is 9.59 Å². The van der Waals surface area contributed by atoms with E-state index in [0.717, 1.165) is 30.5 Å². The molecule has 0 bridgehead atoms. The highest BCUT2D eigenvalue weighted by Crippen LogP contribution is 2.23. The van der Waals surface area contributed by atoms with Crippen LogP contribution in [0.1, 0.15) is 49.3 Å². The summed E-state index contributed by atoms with van der Waals surface area (Å²) in [5.41, 5.74) is 1.87. The van der Waals surface area contributed by atoms with E-state index in [4.69, 9.17) is 11.6 Å². The summed E-state index contributed by atoms with van der Waals surface area (Å²) in [6, 6.07) is 11.0. The fourth-order valence-electron chi connectivity index (χ4n) is 3.32. The Balaban J connectivity index is 1.60. The Bertz CT molecular complexity index is 765. The zero-order valence-electron chi connectivity index (χ0n) is 15.2. The molecule has 3 rings (SSSR count). The molecule has 1 fully saturated rings. The van der Waals surface area contributed by atoms with Crippen molar-refractivity contribution in [2.75, 3.05) is 13.1 Å². The number of piperidine rings is 1. The topological polar surface area (TPSA) is 62.3 Å². The zero-order chi connectivity index (χ0) is 19.1. The minimum absolute atomic E-state index is 0.0386. The molecule has 1 saturated heterocycles. The highest BCUT2D eigenvalue weighted by molar-refractivity contribution is 6.30. The van der Waals surface area contributed by atoms with Gasteiger partial charge in [0, 0.05) is 43.3 Å². The third kappa shape index (κ3) is 5.54. The van der Waals surface area contributed by atoms with Crippen LogP contribution in [0.2, 0.25) is 5.02 Å². The molecular weight excluding hydrogens is 362 g/mol. The van der Waals surface area contributed by atoms with Crippen LogP contribution in [0, 0.1) is 0 Å². The number of amides is 2. The van der Waals surface area contributed by atoms with Crippen molar-refractivity contribution in [1.29, 1.82) is 0 Å². The number of carbonyl (C=O) groups excluding carboxylic acids is 2. The van der Waals surface area contributed by atoms with Gasteiger partial charge in [-0.2, -0.15) is 0 Å². The number of benzene rings is 1. The molecule has 1 aromatic heterocycles. The van der Waals surface area contributed by atoms with Crippen molar-refractivity contribution in [3.05, 3.63) is 64.9 Å². The maximum absolute atomic E-state index is 12.5. The standard InChI is InChI=1S/C21H24ClN3O2/c22-18-10-8-16(9-11-18)21(17-5-3-12-23-15-17)24-19(26)6-4-14-25-13-2-1-7-20(25)27/h3,5,8-12,15,21H,1-2,4,6-7,13-14H2,(H,24,26)/t21-/m1/s1. The summed E-state index contributed by atoms with van der Waals surface area (Å²) in [5.74, 6) is 0.166. The van der Waals surface area contributed by atoms with Gasteiger partial charge >= 0.3 is 0 Å². The molecule has 0 radical (unpaired) electrons. The van der Waals surface area contributed by atoms with E-state index in [0.29, 0.717) is 30.8 Å². The van der Waals surface area contributed by atoms with Crippen LogP contribution in [0.5, 0.6) is 0 Å². The lowest BCUT2D eigenvalue weighted by Gasteiger charge is -2.26. The van der Waals surface area contributed by atoms with Crippen LogP contribution < -0.4 is 5.32 Å². The Labute approximate surface area is 164 Å². The van der Waals surface area contributed by atoms with E-state index >= 15 is 0 Å². The van der Waals surface area contributed by atoms with Crippen LogP contribution in [0.15, 0.2) is 48.8 Å². The van der Waals surface area contributed by atoms with Gasteiger partial charge in [0.25, 0.3) is 0 Å². The van der Waals surface area contributed by atoms with Crippen LogP contribution in [0.25, 0.3) is 0 Å². The maximum atomic E-state index is 12.5. The van der Waals surface area contributed by atoms with Crippen molar-refractivity contribution in [2.45, 2.75) is 38.1 Å². The van der Waals surface area contributed by atoms with Crippen LogP contribution in [-0.4, -0.2) is 34.8 Å². The van der Waals surface area contributed by atoms with E-state index in [1.54, 1.807) is 12.4 Å². The number of rotatable bonds is 7. The summed E-state index contributed by atoms with van der Waals surface area (Å²) in [5, 5.41) is 3.75. The number of nitrogens with zero attached hydrogens (tertiary/aromatic N) is 2. The molecule has 0 saturated carbocycles. The van der Waals surface area contributed by atoms with Crippen LogP contribution in [0.3, 0.4) is 0 Å². The Kier molecular flexibility index (Phi) is 6.82. The SMILES string of the molecule is O=C(CCCN1CCCCC1=O)N[C@H](c1ccc(Cl)cc1)c1cccnc1. The predicted octanol–water partition coefficient (Wildman–Crippen LogP) is 3.73. The third-order valence-electron chi connectivity index (χ3n) is 4.78. The molecule has 2 heterocycles. The number of nitrogens with one attached hydrogen (secondary N) is 1. The molecule has 1 aliphatic heterocycles. The van der Waals surface area contributed by atoms with Crippen molar-refractivity contribution < 1.29 is 9.59 Å². The van der Waals surface area contributed by atoms with E-state index in [1.165, 1.54) is 0 Å². The van der Waals surface area contributed by atoms with Gasteiger partial charge in [0.2, 0.25) is 11.8 Å². The molecule has 6 heteroatoms. The second-order valence-electron chi connectivity index (χ2n) is 6.78. The van der Waals surface area contributed by atoms with E-state index in [1.807, 2.05) is 41.3 Å². The molecule has 1 atom stereocenters. The van der Waals surface area contributed by atoms with Gasteiger partial charge in [-0.1, -0.05) is 29.8 Å². The Morgan fingerprint density at radius 2 is 2.00 bits per heavy atom. The molecule has 1 aromatic carbocycles. The molecule has 2 amide bonds. The van der Waals surface area contributed by atoms with Crippen LogP contribution >= 0.6 is 11.6 Å².